The summed E-state index contributed by atoms with van der Waals surface area (Å²) in [7, 11) is 0. The zero-order valence-electron chi connectivity index (χ0n) is 10.3. The summed E-state index contributed by atoms with van der Waals surface area (Å²) in [6, 6.07) is 9.84. The summed E-state index contributed by atoms with van der Waals surface area (Å²) in [5.41, 5.74) is 2.71. The third-order valence-electron chi connectivity index (χ3n) is 2.92. The van der Waals surface area contributed by atoms with E-state index in [1.807, 2.05) is 37.3 Å². The highest BCUT2D eigenvalue weighted by molar-refractivity contribution is 6.30. The molecule has 0 saturated carbocycles. The molecule has 94 valence electrons. The summed E-state index contributed by atoms with van der Waals surface area (Å²) in [4.78, 5) is 12.5. The Morgan fingerprint density at radius 3 is 2.84 bits per heavy atom. The Hall–Kier alpha value is -2.20. The van der Waals surface area contributed by atoms with Crippen LogP contribution in [-0.4, -0.2) is 15.0 Å². The molecule has 0 aliphatic rings. The van der Waals surface area contributed by atoms with Gasteiger partial charge in [-0.2, -0.15) is 0 Å². The van der Waals surface area contributed by atoms with Gasteiger partial charge < -0.3 is 5.32 Å². The van der Waals surface area contributed by atoms with Crippen molar-refractivity contribution in [2.24, 2.45) is 0 Å². The fourth-order valence-corrected chi connectivity index (χ4v) is 2.03. The number of nitrogens with zero attached hydrogens (tertiary/aromatic N) is 3. The van der Waals surface area contributed by atoms with Crippen LogP contribution in [0.15, 0.2) is 42.9 Å². The van der Waals surface area contributed by atoms with E-state index in [1.54, 1.807) is 6.20 Å². The minimum absolute atomic E-state index is 0.455. The maximum absolute atomic E-state index is 5.99. The number of fused-ring (bicyclic) bond motifs is 1. The number of pyridine rings is 1. The van der Waals surface area contributed by atoms with Crippen molar-refractivity contribution in [3.05, 3.63) is 53.6 Å². The summed E-state index contributed by atoms with van der Waals surface area (Å²) < 4.78 is 0. The van der Waals surface area contributed by atoms with Crippen LogP contribution in [0, 0.1) is 6.92 Å². The number of anilines is 2. The molecule has 0 amide bonds. The molecule has 3 rings (SSSR count). The molecule has 1 aromatic carbocycles. The molecule has 1 N–H and O–H groups in total. The third-order valence-corrected chi connectivity index (χ3v) is 3.30. The molecule has 0 radical (unpaired) electrons. The highest BCUT2D eigenvalue weighted by atomic mass is 35.5. The molecule has 0 atom stereocenters. The molecule has 0 spiro atoms. The third kappa shape index (κ3) is 2.22. The quantitative estimate of drug-likeness (QED) is 0.721. The van der Waals surface area contributed by atoms with Crippen molar-refractivity contribution in [3.8, 4) is 0 Å². The number of halogens is 1. The van der Waals surface area contributed by atoms with Crippen LogP contribution in [0.25, 0.3) is 10.9 Å². The number of nitrogens with one attached hydrogen (secondary N) is 1. The molecule has 2 heterocycles. The van der Waals surface area contributed by atoms with Crippen LogP contribution in [0.5, 0.6) is 0 Å². The topological polar surface area (TPSA) is 50.7 Å². The minimum atomic E-state index is 0.455. The van der Waals surface area contributed by atoms with Crippen molar-refractivity contribution < 1.29 is 0 Å². The molecule has 0 aliphatic heterocycles. The normalized spacial score (nSPS) is 10.6. The lowest BCUT2D eigenvalue weighted by atomic mass is 10.2. The fourth-order valence-electron chi connectivity index (χ4n) is 1.89. The second-order valence-corrected chi connectivity index (χ2v) is 4.50. The van der Waals surface area contributed by atoms with Crippen LogP contribution in [0.4, 0.5) is 11.5 Å². The van der Waals surface area contributed by atoms with Crippen molar-refractivity contribution in [2.75, 3.05) is 5.32 Å². The van der Waals surface area contributed by atoms with E-state index in [0.717, 1.165) is 22.2 Å². The Labute approximate surface area is 115 Å². The Bertz CT molecular complexity index is 737. The van der Waals surface area contributed by atoms with E-state index in [1.165, 1.54) is 6.33 Å². The summed E-state index contributed by atoms with van der Waals surface area (Å²) in [5, 5.41) is 4.78. The van der Waals surface area contributed by atoms with Crippen molar-refractivity contribution in [3.63, 3.8) is 0 Å². The van der Waals surface area contributed by atoms with E-state index >= 15 is 0 Å². The van der Waals surface area contributed by atoms with E-state index in [4.69, 9.17) is 11.6 Å². The van der Waals surface area contributed by atoms with Gasteiger partial charge in [-0.25, -0.2) is 9.97 Å². The summed E-state index contributed by atoms with van der Waals surface area (Å²) >= 11 is 5.99. The molecular weight excluding hydrogens is 260 g/mol. The number of rotatable bonds is 2. The van der Waals surface area contributed by atoms with Gasteiger partial charge >= 0.3 is 0 Å². The van der Waals surface area contributed by atoms with Gasteiger partial charge in [-0.3, -0.25) is 4.98 Å². The number of aromatic nitrogens is 3. The fraction of sp³-hybridized carbons (Fsp3) is 0.0714. The van der Waals surface area contributed by atoms with Crippen LogP contribution in [0.3, 0.4) is 0 Å². The van der Waals surface area contributed by atoms with Crippen LogP contribution < -0.4 is 5.32 Å². The first-order valence-corrected chi connectivity index (χ1v) is 6.21. The monoisotopic (exact) mass is 270 g/mol. The van der Waals surface area contributed by atoms with E-state index in [2.05, 4.69) is 20.3 Å². The highest BCUT2D eigenvalue weighted by Crippen LogP contribution is 2.27. The van der Waals surface area contributed by atoms with E-state index in [-0.39, 0.29) is 0 Å². The molecule has 0 unspecified atom stereocenters. The van der Waals surface area contributed by atoms with Crippen molar-refractivity contribution in [2.45, 2.75) is 6.92 Å². The van der Waals surface area contributed by atoms with Gasteiger partial charge in [0.2, 0.25) is 0 Å². The van der Waals surface area contributed by atoms with Gasteiger partial charge in [-0.15, -0.1) is 0 Å². The zero-order valence-corrected chi connectivity index (χ0v) is 11.0. The first-order chi connectivity index (χ1) is 9.25. The second-order valence-electron chi connectivity index (χ2n) is 4.14. The Morgan fingerprint density at radius 1 is 1.05 bits per heavy atom. The molecule has 0 bridgehead atoms. The van der Waals surface area contributed by atoms with Gasteiger partial charge in [0.05, 0.1) is 5.52 Å². The van der Waals surface area contributed by atoms with Crippen molar-refractivity contribution in [1.29, 1.82) is 0 Å². The van der Waals surface area contributed by atoms with Crippen LogP contribution in [0.1, 0.15) is 5.56 Å². The number of benzene rings is 1. The summed E-state index contributed by atoms with van der Waals surface area (Å²) in [5.74, 6) is 0.705. The maximum atomic E-state index is 5.99. The number of hydrogen-bond donors (Lipinski definition) is 1. The van der Waals surface area contributed by atoms with E-state index < -0.39 is 0 Å². The smallest absolute Gasteiger partial charge is 0.138 e. The lowest BCUT2D eigenvalue weighted by Crippen LogP contribution is -1.98. The van der Waals surface area contributed by atoms with Gasteiger partial charge in [0.25, 0.3) is 0 Å². The van der Waals surface area contributed by atoms with E-state index in [0.29, 0.717) is 11.0 Å². The van der Waals surface area contributed by atoms with Gasteiger partial charge in [-0.05, 0) is 31.2 Å². The van der Waals surface area contributed by atoms with Gasteiger partial charge in [-0.1, -0.05) is 17.7 Å². The van der Waals surface area contributed by atoms with Crippen LogP contribution in [0.2, 0.25) is 5.15 Å². The first kappa shape index (κ1) is 11.9. The number of hydrogen-bond acceptors (Lipinski definition) is 4. The standard InChI is InChI=1S/C14H11ClN4/c1-9-13(15)17-8-18-14(9)19-12-6-2-5-11-10(12)4-3-7-16-11/h2-8H,1H3,(H,17,18,19). The highest BCUT2D eigenvalue weighted by Gasteiger charge is 2.07. The molecule has 4 nitrogen and oxygen atoms in total. The molecule has 19 heavy (non-hydrogen) atoms. The maximum Gasteiger partial charge on any atom is 0.138 e. The van der Waals surface area contributed by atoms with E-state index in [9.17, 15) is 0 Å². The van der Waals surface area contributed by atoms with Crippen molar-refractivity contribution in [1.82, 2.24) is 15.0 Å². The van der Waals surface area contributed by atoms with Crippen molar-refractivity contribution >= 4 is 34.0 Å². The molecule has 0 aliphatic carbocycles. The Kier molecular flexibility index (Phi) is 3.01. The molecule has 3 aromatic rings. The largest absolute Gasteiger partial charge is 0.339 e. The van der Waals surface area contributed by atoms with Crippen LogP contribution >= 0.6 is 11.6 Å². The zero-order chi connectivity index (χ0) is 13.2. The van der Waals surface area contributed by atoms with Gasteiger partial charge in [0, 0.05) is 22.8 Å². The molecule has 0 fully saturated rings. The van der Waals surface area contributed by atoms with Crippen LogP contribution in [-0.2, 0) is 0 Å². The predicted octanol–water partition coefficient (Wildman–Crippen LogP) is 3.73. The molecule has 0 saturated heterocycles. The predicted molar refractivity (Wildman–Crippen MR) is 76.8 cm³/mol. The molecule has 5 heteroatoms. The molecular formula is C14H11ClN4. The summed E-state index contributed by atoms with van der Waals surface area (Å²) in [6.07, 6.45) is 3.22. The Morgan fingerprint density at radius 2 is 1.95 bits per heavy atom. The summed E-state index contributed by atoms with van der Waals surface area (Å²) in [6.45, 7) is 1.88. The molecule has 2 aromatic heterocycles. The Balaban J connectivity index is 2.09. The minimum Gasteiger partial charge on any atom is -0.339 e. The lowest BCUT2D eigenvalue weighted by molar-refractivity contribution is 1.13. The second kappa shape index (κ2) is 4.82. The average Bonchev–Trinajstić information content (AvgIpc) is 2.44. The average molecular weight is 271 g/mol. The SMILES string of the molecule is Cc1c(Cl)ncnc1Nc1cccc2ncccc12. The first-order valence-electron chi connectivity index (χ1n) is 5.83. The van der Waals surface area contributed by atoms with Gasteiger partial charge in [0.1, 0.15) is 17.3 Å². The van der Waals surface area contributed by atoms with Gasteiger partial charge in [0.15, 0.2) is 0 Å². The lowest BCUT2D eigenvalue weighted by Gasteiger charge is -2.10.